The first kappa shape index (κ1) is 36.7. The SMILES string of the molecule is CC[C@@H](C)[C@H]([C@H](CC(=O)N1CCC[C@@H]1[C@@H](OC)[C@H](C)C(=O)N[C@@H](C)[C@H](O)c1ccccc1)OC)N(C)C(=O)C(N)C(C)C. The Hall–Kier alpha value is -2.53. The molecule has 2 rings (SSSR count). The number of ether oxygens (including phenoxy) is 2. The number of likely N-dealkylation sites (N-methyl/N-ethyl adjacent to an activating group) is 1. The number of aliphatic hydroxyl groups is 1. The highest BCUT2D eigenvalue weighted by Gasteiger charge is 2.42. The summed E-state index contributed by atoms with van der Waals surface area (Å²) in [5, 5.41) is 13.7. The van der Waals surface area contributed by atoms with Crippen LogP contribution in [0, 0.1) is 17.8 Å². The normalized spacial score (nSPS) is 20.9. The van der Waals surface area contributed by atoms with Gasteiger partial charge in [-0.2, -0.15) is 0 Å². The molecule has 1 aromatic carbocycles. The van der Waals surface area contributed by atoms with Crippen LogP contribution in [0.3, 0.4) is 0 Å². The molecule has 4 N–H and O–H groups in total. The van der Waals surface area contributed by atoms with Crippen molar-refractivity contribution < 1.29 is 29.0 Å². The summed E-state index contributed by atoms with van der Waals surface area (Å²) in [4.78, 5) is 43.8. The van der Waals surface area contributed by atoms with Gasteiger partial charge in [0.25, 0.3) is 0 Å². The van der Waals surface area contributed by atoms with Gasteiger partial charge in [0.15, 0.2) is 0 Å². The zero-order chi connectivity index (χ0) is 32.4. The molecule has 1 aliphatic rings. The number of carbonyl (C=O) groups excluding carboxylic acids is 3. The molecule has 0 radical (unpaired) electrons. The predicted octanol–water partition coefficient (Wildman–Crippen LogP) is 3.13. The first-order chi connectivity index (χ1) is 20.3. The van der Waals surface area contributed by atoms with Crippen molar-refractivity contribution >= 4 is 17.7 Å². The van der Waals surface area contributed by atoms with Gasteiger partial charge >= 0.3 is 0 Å². The number of aliphatic hydroxyl groups excluding tert-OH is 1. The number of amides is 3. The summed E-state index contributed by atoms with van der Waals surface area (Å²) in [5.74, 6) is -1.03. The Bertz CT molecular complexity index is 1020. The average molecular weight is 605 g/mol. The van der Waals surface area contributed by atoms with Crippen molar-refractivity contribution in [2.24, 2.45) is 23.5 Å². The molecule has 10 nitrogen and oxygen atoms in total. The molecule has 0 aromatic heterocycles. The number of benzene rings is 1. The van der Waals surface area contributed by atoms with Crippen molar-refractivity contribution in [3.05, 3.63) is 35.9 Å². The number of nitrogens with two attached hydrogens (primary N) is 1. The average Bonchev–Trinajstić information content (AvgIpc) is 3.49. The molecular weight excluding hydrogens is 548 g/mol. The summed E-state index contributed by atoms with van der Waals surface area (Å²) >= 11 is 0. The topological polar surface area (TPSA) is 134 Å². The first-order valence-corrected chi connectivity index (χ1v) is 15.7. The van der Waals surface area contributed by atoms with Gasteiger partial charge in [-0.15, -0.1) is 0 Å². The monoisotopic (exact) mass is 604 g/mol. The number of hydrogen-bond acceptors (Lipinski definition) is 7. The number of rotatable bonds is 16. The van der Waals surface area contributed by atoms with Crippen molar-refractivity contribution in [1.82, 2.24) is 15.1 Å². The molecule has 43 heavy (non-hydrogen) atoms. The third kappa shape index (κ3) is 9.23. The fourth-order valence-electron chi connectivity index (χ4n) is 6.20. The molecule has 1 aromatic rings. The smallest absolute Gasteiger partial charge is 0.239 e. The van der Waals surface area contributed by atoms with E-state index in [4.69, 9.17) is 15.2 Å². The molecule has 0 saturated carbocycles. The Balaban J connectivity index is 2.17. The van der Waals surface area contributed by atoms with Gasteiger partial charge in [-0.3, -0.25) is 14.4 Å². The van der Waals surface area contributed by atoms with Gasteiger partial charge in [0.1, 0.15) is 0 Å². The molecule has 1 aliphatic heterocycles. The number of hydrogen-bond donors (Lipinski definition) is 3. The fraction of sp³-hybridized carbons (Fsp3) is 0.727. The van der Waals surface area contributed by atoms with E-state index < -0.39 is 36.3 Å². The Morgan fingerprint density at radius 3 is 2.26 bits per heavy atom. The maximum atomic E-state index is 13.8. The summed E-state index contributed by atoms with van der Waals surface area (Å²) in [5.41, 5.74) is 6.93. The van der Waals surface area contributed by atoms with Crippen LogP contribution in [0.5, 0.6) is 0 Å². The van der Waals surface area contributed by atoms with Gasteiger partial charge in [-0.25, -0.2) is 0 Å². The molecule has 10 heteroatoms. The summed E-state index contributed by atoms with van der Waals surface area (Å²) in [7, 11) is 4.88. The number of methoxy groups -OCH3 is 2. The first-order valence-electron chi connectivity index (χ1n) is 15.7. The highest BCUT2D eigenvalue weighted by Crippen LogP contribution is 2.30. The maximum absolute atomic E-state index is 13.8. The summed E-state index contributed by atoms with van der Waals surface area (Å²) < 4.78 is 11.7. The molecule has 3 amide bonds. The van der Waals surface area contributed by atoms with Crippen LogP contribution in [-0.4, -0.2) is 96.8 Å². The minimum Gasteiger partial charge on any atom is -0.386 e. The lowest BCUT2D eigenvalue weighted by Gasteiger charge is -2.40. The fourth-order valence-corrected chi connectivity index (χ4v) is 6.20. The Morgan fingerprint density at radius 1 is 1.09 bits per heavy atom. The van der Waals surface area contributed by atoms with Gasteiger partial charge in [0.05, 0.1) is 54.8 Å². The lowest BCUT2D eigenvalue weighted by atomic mass is 9.89. The highest BCUT2D eigenvalue weighted by molar-refractivity contribution is 5.83. The molecule has 9 atom stereocenters. The van der Waals surface area contributed by atoms with E-state index in [-0.39, 0.29) is 48.1 Å². The molecule has 1 saturated heterocycles. The van der Waals surface area contributed by atoms with E-state index >= 15 is 0 Å². The lowest BCUT2D eigenvalue weighted by molar-refractivity contribution is -0.146. The van der Waals surface area contributed by atoms with Crippen LogP contribution >= 0.6 is 0 Å². The minimum absolute atomic E-state index is 0.0183. The van der Waals surface area contributed by atoms with Crippen LogP contribution in [-0.2, 0) is 23.9 Å². The predicted molar refractivity (Wildman–Crippen MR) is 168 cm³/mol. The second-order valence-electron chi connectivity index (χ2n) is 12.5. The largest absolute Gasteiger partial charge is 0.386 e. The van der Waals surface area contributed by atoms with Crippen molar-refractivity contribution in [3.63, 3.8) is 0 Å². The number of likely N-dealkylation sites (tertiary alicyclic amines) is 1. The second kappa shape index (κ2) is 17.1. The van der Waals surface area contributed by atoms with E-state index in [0.717, 1.165) is 18.4 Å². The van der Waals surface area contributed by atoms with Crippen molar-refractivity contribution in [2.75, 3.05) is 27.8 Å². The van der Waals surface area contributed by atoms with E-state index in [0.29, 0.717) is 13.0 Å². The molecule has 0 spiro atoms. The van der Waals surface area contributed by atoms with Crippen molar-refractivity contribution in [2.45, 2.75) is 110 Å². The summed E-state index contributed by atoms with van der Waals surface area (Å²) in [6, 6.07) is 7.43. The van der Waals surface area contributed by atoms with Crippen molar-refractivity contribution in [3.8, 4) is 0 Å². The maximum Gasteiger partial charge on any atom is 0.239 e. The van der Waals surface area contributed by atoms with E-state index in [2.05, 4.69) is 19.2 Å². The molecule has 244 valence electrons. The standard InChI is InChI=1S/C33H56N4O6/c1-10-21(4)29(36(7)33(41)28(34)20(2)3)26(42-8)19-27(38)37-18-14-17-25(37)31(43-9)22(5)32(40)35-23(6)30(39)24-15-12-11-13-16-24/h11-13,15-16,20-23,25-26,28-31,39H,10,14,17-19,34H2,1-9H3,(H,35,40)/t21-,22+,23+,25-,26+,28?,29-,30+,31+/m1/s1. The molecule has 0 aliphatic carbocycles. The Labute approximate surface area is 258 Å². The van der Waals surface area contributed by atoms with Crippen LogP contribution in [0.4, 0.5) is 0 Å². The molecule has 0 bridgehead atoms. The third-order valence-corrected chi connectivity index (χ3v) is 9.25. The number of nitrogens with zero attached hydrogens (tertiary/aromatic N) is 2. The van der Waals surface area contributed by atoms with Crippen LogP contribution in [0.25, 0.3) is 0 Å². The number of carbonyl (C=O) groups is 3. The van der Waals surface area contributed by atoms with Crippen LogP contribution in [0.1, 0.15) is 78.9 Å². The zero-order valence-corrected chi connectivity index (χ0v) is 27.7. The second-order valence-corrected chi connectivity index (χ2v) is 12.5. The van der Waals surface area contributed by atoms with Gasteiger partial charge in [-0.05, 0) is 37.2 Å². The van der Waals surface area contributed by atoms with Gasteiger partial charge in [0, 0.05) is 27.8 Å². The number of nitrogens with one attached hydrogen (secondary N) is 1. The third-order valence-electron chi connectivity index (χ3n) is 9.25. The zero-order valence-electron chi connectivity index (χ0n) is 27.7. The van der Waals surface area contributed by atoms with Crippen molar-refractivity contribution in [1.29, 1.82) is 0 Å². The summed E-state index contributed by atoms with van der Waals surface area (Å²) in [6.45, 7) is 12.1. The summed E-state index contributed by atoms with van der Waals surface area (Å²) in [6.07, 6.45) is 0.474. The van der Waals surface area contributed by atoms with Crippen LogP contribution in [0.15, 0.2) is 30.3 Å². The van der Waals surface area contributed by atoms with Gasteiger partial charge < -0.3 is 35.4 Å². The Kier molecular flexibility index (Phi) is 14.6. The Morgan fingerprint density at radius 2 is 1.72 bits per heavy atom. The lowest BCUT2D eigenvalue weighted by Crippen LogP contribution is -2.56. The van der Waals surface area contributed by atoms with E-state index in [1.807, 2.05) is 49.1 Å². The van der Waals surface area contributed by atoms with Gasteiger partial charge in [0.2, 0.25) is 17.7 Å². The molecule has 1 unspecified atom stereocenters. The quantitative estimate of drug-likeness (QED) is 0.264. The van der Waals surface area contributed by atoms with E-state index in [1.54, 1.807) is 40.0 Å². The van der Waals surface area contributed by atoms with Crippen LogP contribution in [0.2, 0.25) is 0 Å². The molecule has 1 heterocycles. The molecular formula is C33H56N4O6. The van der Waals surface area contributed by atoms with E-state index in [9.17, 15) is 19.5 Å². The minimum atomic E-state index is -0.854. The molecule has 1 fully saturated rings. The van der Waals surface area contributed by atoms with Gasteiger partial charge in [-0.1, -0.05) is 71.4 Å². The van der Waals surface area contributed by atoms with E-state index in [1.165, 1.54) is 0 Å². The highest BCUT2D eigenvalue weighted by atomic mass is 16.5. The van der Waals surface area contributed by atoms with Crippen LogP contribution < -0.4 is 11.1 Å².